The largest absolute Gasteiger partial charge is 0.466 e. The lowest BCUT2D eigenvalue weighted by Gasteiger charge is -2.32. The highest BCUT2D eigenvalue weighted by atomic mass is 16.5. The number of allylic oxidation sites excluding steroid dienone is 4. The van der Waals surface area contributed by atoms with Crippen molar-refractivity contribution in [2.45, 2.75) is 53.4 Å². The molecule has 25 heavy (non-hydrogen) atoms. The Morgan fingerprint density at radius 2 is 2.08 bits per heavy atom. The van der Waals surface area contributed by atoms with Crippen LogP contribution in [0.15, 0.2) is 47.6 Å². The Morgan fingerprint density at radius 1 is 1.32 bits per heavy atom. The molecule has 0 aromatic heterocycles. The van der Waals surface area contributed by atoms with Gasteiger partial charge in [0.2, 0.25) is 0 Å². The Morgan fingerprint density at radius 3 is 2.80 bits per heavy atom. The summed E-state index contributed by atoms with van der Waals surface area (Å²) in [5, 5.41) is 0. The van der Waals surface area contributed by atoms with Gasteiger partial charge < -0.3 is 4.74 Å². The quantitative estimate of drug-likeness (QED) is 0.556. The van der Waals surface area contributed by atoms with E-state index in [1.54, 1.807) is 0 Å². The molecule has 0 fully saturated rings. The highest BCUT2D eigenvalue weighted by Crippen LogP contribution is 2.40. The van der Waals surface area contributed by atoms with Crippen molar-refractivity contribution in [2.24, 2.45) is 5.41 Å². The maximum Gasteiger partial charge on any atom is 0.310 e. The fraction of sp³-hybridized carbons (Fsp3) is 0.435. The molecule has 0 unspecified atom stereocenters. The van der Waals surface area contributed by atoms with Gasteiger partial charge in [-0.05, 0) is 61.8 Å². The van der Waals surface area contributed by atoms with Crippen LogP contribution in [0.2, 0.25) is 0 Å². The first-order valence-electron chi connectivity index (χ1n) is 9.06. The summed E-state index contributed by atoms with van der Waals surface area (Å²) in [5.74, 6) is 6.10. The third kappa shape index (κ3) is 5.36. The van der Waals surface area contributed by atoms with Gasteiger partial charge in [0.1, 0.15) is 0 Å². The standard InChI is InChI=1S/C23H28O2/c1-5-25-22(24)17-20-14-7-6-12-19(20)13-8-9-15-21-18(2)11-10-16-23(21,3)4/h6-7,9,12,14-15H,5,10-11,16-17H2,1-4H3. The number of ether oxygens (including phenoxy) is 1. The summed E-state index contributed by atoms with van der Waals surface area (Å²) in [6, 6.07) is 7.75. The summed E-state index contributed by atoms with van der Waals surface area (Å²) in [6.07, 6.45) is 8.03. The molecule has 2 rings (SSSR count). The van der Waals surface area contributed by atoms with Gasteiger partial charge in [0, 0.05) is 5.56 Å². The second-order valence-electron chi connectivity index (χ2n) is 7.17. The van der Waals surface area contributed by atoms with Crippen LogP contribution in [0.1, 0.15) is 58.1 Å². The van der Waals surface area contributed by atoms with Gasteiger partial charge in [-0.15, -0.1) is 0 Å². The zero-order chi connectivity index (χ0) is 18.3. The van der Waals surface area contributed by atoms with E-state index in [0.717, 1.165) is 11.1 Å². The minimum atomic E-state index is -0.211. The molecule has 2 nitrogen and oxygen atoms in total. The molecule has 1 aromatic carbocycles. The van der Waals surface area contributed by atoms with Crippen molar-refractivity contribution < 1.29 is 9.53 Å². The molecule has 1 aromatic rings. The Bertz CT molecular complexity index is 739. The van der Waals surface area contributed by atoms with Crippen LogP contribution in [0, 0.1) is 17.3 Å². The van der Waals surface area contributed by atoms with Crippen LogP contribution < -0.4 is 0 Å². The van der Waals surface area contributed by atoms with E-state index in [0.29, 0.717) is 6.61 Å². The lowest BCUT2D eigenvalue weighted by molar-refractivity contribution is -0.142. The molecule has 0 amide bonds. The van der Waals surface area contributed by atoms with Crippen molar-refractivity contribution in [1.29, 1.82) is 0 Å². The molecule has 0 heterocycles. The first-order valence-corrected chi connectivity index (χ1v) is 9.06. The maximum absolute atomic E-state index is 11.7. The molecular formula is C23H28O2. The number of carbonyl (C=O) groups is 1. The number of carbonyl (C=O) groups excluding carboxylic acids is 1. The summed E-state index contributed by atoms with van der Waals surface area (Å²) in [6.45, 7) is 9.05. The highest BCUT2D eigenvalue weighted by molar-refractivity contribution is 5.73. The lowest BCUT2D eigenvalue weighted by Crippen LogP contribution is -2.18. The average molecular weight is 336 g/mol. The van der Waals surface area contributed by atoms with Gasteiger partial charge in [0.15, 0.2) is 0 Å². The van der Waals surface area contributed by atoms with Crippen LogP contribution in [0.4, 0.5) is 0 Å². The van der Waals surface area contributed by atoms with Crippen molar-refractivity contribution in [3.8, 4) is 11.8 Å². The molecule has 0 N–H and O–H groups in total. The monoisotopic (exact) mass is 336 g/mol. The second kappa shape index (κ2) is 8.72. The average Bonchev–Trinajstić information content (AvgIpc) is 2.55. The molecule has 0 saturated heterocycles. The maximum atomic E-state index is 11.7. The van der Waals surface area contributed by atoms with E-state index in [1.165, 1.54) is 30.4 Å². The Labute approximate surface area is 152 Å². The van der Waals surface area contributed by atoms with Crippen LogP contribution in [0.3, 0.4) is 0 Å². The lowest BCUT2D eigenvalue weighted by atomic mass is 9.73. The summed E-state index contributed by atoms with van der Waals surface area (Å²) < 4.78 is 5.03. The van der Waals surface area contributed by atoms with Crippen LogP contribution >= 0.6 is 0 Å². The minimum Gasteiger partial charge on any atom is -0.466 e. The van der Waals surface area contributed by atoms with E-state index >= 15 is 0 Å². The third-order valence-electron chi connectivity index (χ3n) is 4.74. The van der Waals surface area contributed by atoms with Crippen LogP contribution in [0.25, 0.3) is 0 Å². The molecular weight excluding hydrogens is 308 g/mol. The van der Waals surface area contributed by atoms with Crippen molar-refractivity contribution in [3.63, 3.8) is 0 Å². The number of benzene rings is 1. The SMILES string of the molecule is CCOC(=O)Cc1ccccc1C#CC=CC1=C(C)CCCC1(C)C. The highest BCUT2D eigenvalue weighted by Gasteiger charge is 2.26. The summed E-state index contributed by atoms with van der Waals surface area (Å²) in [4.78, 5) is 11.7. The zero-order valence-electron chi connectivity index (χ0n) is 15.8. The van der Waals surface area contributed by atoms with Gasteiger partial charge >= 0.3 is 5.97 Å². The second-order valence-corrected chi connectivity index (χ2v) is 7.17. The van der Waals surface area contributed by atoms with E-state index in [1.807, 2.05) is 37.3 Å². The van der Waals surface area contributed by atoms with Crippen LogP contribution in [0.5, 0.6) is 0 Å². The first-order chi connectivity index (χ1) is 11.9. The van der Waals surface area contributed by atoms with Crippen molar-refractivity contribution in [1.82, 2.24) is 0 Å². The van der Waals surface area contributed by atoms with Gasteiger partial charge in [-0.2, -0.15) is 0 Å². The fourth-order valence-electron chi connectivity index (χ4n) is 3.42. The molecule has 0 bridgehead atoms. The molecule has 0 aliphatic heterocycles. The van der Waals surface area contributed by atoms with Crippen molar-refractivity contribution in [2.75, 3.05) is 6.61 Å². The van der Waals surface area contributed by atoms with Gasteiger partial charge in [-0.3, -0.25) is 4.79 Å². The van der Waals surface area contributed by atoms with Gasteiger partial charge in [-0.25, -0.2) is 0 Å². The fourth-order valence-corrected chi connectivity index (χ4v) is 3.42. The van der Waals surface area contributed by atoms with Crippen molar-refractivity contribution in [3.05, 3.63) is 58.7 Å². The predicted molar refractivity (Wildman–Crippen MR) is 103 cm³/mol. The molecule has 0 atom stereocenters. The smallest absolute Gasteiger partial charge is 0.310 e. The third-order valence-corrected chi connectivity index (χ3v) is 4.74. The summed E-state index contributed by atoms with van der Waals surface area (Å²) in [7, 11) is 0. The molecule has 1 aliphatic carbocycles. The number of rotatable bonds is 4. The predicted octanol–water partition coefficient (Wildman–Crippen LogP) is 5.23. The molecule has 0 spiro atoms. The topological polar surface area (TPSA) is 26.3 Å². The van der Waals surface area contributed by atoms with E-state index < -0.39 is 0 Å². The minimum absolute atomic E-state index is 0.211. The van der Waals surface area contributed by atoms with Crippen LogP contribution in [-0.4, -0.2) is 12.6 Å². The summed E-state index contributed by atoms with van der Waals surface area (Å²) in [5.41, 5.74) is 4.90. The number of esters is 1. The molecule has 2 heteroatoms. The molecule has 0 radical (unpaired) electrons. The number of hydrogen-bond donors (Lipinski definition) is 0. The van der Waals surface area contributed by atoms with Crippen LogP contribution in [-0.2, 0) is 16.0 Å². The Balaban J connectivity index is 2.15. The van der Waals surface area contributed by atoms with E-state index in [2.05, 4.69) is 38.7 Å². The number of hydrogen-bond acceptors (Lipinski definition) is 2. The van der Waals surface area contributed by atoms with Gasteiger partial charge in [0.05, 0.1) is 13.0 Å². The summed E-state index contributed by atoms with van der Waals surface area (Å²) >= 11 is 0. The Hall–Kier alpha value is -2.27. The molecule has 0 saturated carbocycles. The molecule has 132 valence electrons. The van der Waals surface area contributed by atoms with E-state index in [9.17, 15) is 4.79 Å². The first kappa shape index (κ1) is 19.1. The normalized spacial score (nSPS) is 16.5. The van der Waals surface area contributed by atoms with E-state index in [4.69, 9.17) is 4.74 Å². The van der Waals surface area contributed by atoms with Gasteiger partial charge in [-0.1, -0.05) is 55.5 Å². The Kier molecular flexibility index (Phi) is 6.65. The van der Waals surface area contributed by atoms with Crippen molar-refractivity contribution >= 4 is 5.97 Å². The van der Waals surface area contributed by atoms with Gasteiger partial charge in [0.25, 0.3) is 0 Å². The molecule has 1 aliphatic rings. The zero-order valence-corrected chi connectivity index (χ0v) is 15.8. The van der Waals surface area contributed by atoms with E-state index in [-0.39, 0.29) is 17.8 Å².